The Hall–Kier alpha value is -1.38. The van der Waals surface area contributed by atoms with Crippen molar-refractivity contribution in [3.05, 3.63) is 17.0 Å². The number of nitrogens with one attached hydrogen (secondary N) is 2. The van der Waals surface area contributed by atoms with E-state index in [0.717, 1.165) is 0 Å². The van der Waals surface area contributed by atoms with Crippen molar-refractivity contribution in [2.45, 2.75) is 31.6 Å². The molecule has 21 heavy (non-hydrogen) atoms. The van der Waals surface area contributed by atoms with Crippen molar-refractivity contribution < 1.29 is 23.1 Å². The minimum absolute atomic E-state index is 0.00194. The highest BCUT2D eigenvalue weighted by Gasteiger charge is 2.26. The number of carboxylic acids is 1. The molecular weight excluding hydrogens is 296 g/mol. The molecule has 0 amide bonds. The molecule has 1 aromatic heterocycles. The molecular formula is C13H20N2O5S. The lowest BCUT2D eigenvalue weighted by atomic mass is 10.2. The molecule has 7 nitrogen and oxygen atoms in total. The van der Waals surface area contributed by atoms with E-state index in [0.29, 0.717) is 24.8 Å². The van der Waals surface area contributed by atoms with Gasteiger partial charge in [0.25, 0.3) is 0 Å². The summed E-state index contributed by atoms with van der Waals surface area (Å²) in [6.07, 6.45) is 2.37. The number of ether oxygens (including phenoxy) is 1. The second-order valence-electron chi connectivity index (χ2n) is 5.30. The molecule has 0 radical (unpaired) electrons. The second-order valence-corrected chi connectivity index (χ2v) is 7.00. The van der Waals surface area contributed by atoms with Crippen LogP contribution in [0.4, 0.5) is 0 Å². The molecule has 1 fully saturated rings. The number of sulfonamides is 1. The molecule has 118 valence electrons. The van der Waals surface area contributed by atoms with Crippen LogP contribution in [-0.4, -0.2) is 44.2 Å². The first-order valence-corrected chi connectivity index (χ1v) is 8.31. The molecule has 1 heterocycles. The summed E-state index contributed by atoms with van der Waals surface area (Å²) in [5, 5.41) is 9.01. The Balaban J connectivity index is 1.99. The van der Waals surface area contributed by atoms with E-state index in [2.05, 4.69) is 9.71 Å². The summed E-state index contributed by atoms with van der Waals surface area (Å²) < 4.78 is 32.3. The molecule has 0 saturated heterocycles. The fourth-order valence-corrected chi connectivity index (χ4v) is 3.66. The van der Waals surface area contributed by atoms with E-state index < -0.39 is 16.0 Å². The van der Waals surface area contributed by atoms with Crippen LogP contribution < -0.4 is 4.72 Å². The van der Waals surface area contributed by atoms with Gasteiger partial charge in [0.1, 0.15) is 10.6 Å². The zero-order valence-corrected chi connectivity index (χ0v) is 12.9. The van der Waals surface area contributed by atoms with Crippen LogP contribution in [0.1, 0.15) is 34.6 Å². The molecule has 3 N–H and O–H groups in total. The highest BCUT2D eigenvalue weighted by molar-refractivity contribution is 7.89. The van der Waals surface area contributed by atoms with Crippen LogP contribution in [0.5, 0.6) is 0 Å². The summed E-state index contributed by atoms with van der Waals surface area (Å²) in [7, 11) is -3.74. The largest absolute Gasteiger partial charge is 0.477 e. The van der Waals surface area contributed by atoms with E-state index in [9.17, 15) is 13.2 Å². The molecule has 0 spiro atoms. The van der Waals surface area contributed by atoms with E-state index in [1.807, 2.05) is 0 Å². The minimum Gasteiger partial charge on any atom is -0.477 e. The van der Waals surface area contributed by atoms with Gasteiger partial charge in [-0.25, -0.2) is 17.9 Å². The van der Waals surface area contributed by atoms with Gasteiger partial charge in [0.15, 0.2) is 0 Å². The normalized spacial score (nSPS) is 15.3. The standard InChI is InChI=1S/C13H20N2O5S/c1-8-11(13(16)17)15-9(2)12(8)21(18,19)14-5-6-20-7-10-3-4-10/h10,14-15H,3-7H2,1-2H3,(H,16,17). The smallest absolute Gasteiger partial charge is 0.352 e. The van der Waals surface area contributed by atoms with Crippen molar-refractivity contribution >= 4 is 16.0 Å². The molecule has 8 heteroatoms. The van der Waals surface area contributed by atoms with Crippen molar-refractivity contribution in [1.82, 2.24) is 9.71 Å². The zero-order valence-electron chi connectivity index (χ0n) is 12.1. The van der Waals surface area contributed by atoms with Gasteiger partial charge in [-0.15, -0.1) is 0 Å². The number of hydrogen-bond donors (Lipinski definition) is 3. The number of carbonyl (C=O) groups is 1. The number of aromatic nitrogens is 1. The highest BCUT2D eigenvalue weighted by Crippen LogP contribution is 2.28. The lowest BCUT2D eigenvalue weighted by Gasteiger charge is -2.08. The number of hydrogen-bond acceptors (Lipinski definition) is 4. The van der Waals surface area contributed by atoms with Gasteiger partial charge in [-0.1, -0.05) is 0 Å². The maximum absolute atomic E-state index is 12.2. The van der Waals surface area contributed by atoms with Gasteiger partial charge in [-0.3, -0.25) is 0 Å². The first-order chi connectivity index (χ1) is 9.83. The molecule has 2 rings (SSSR count). The Labute approximate surface area is 123 Å². The molecule has 1 saturated carbocycles. The number of H-pyrrole nitrogens is 1. The topological polar surface area (TPSA) is 108 Å². The Morgan fingerprint density at radius 1 is 1.43 bits per heavy atom. The Morgan fingerprint density at radius 3 is 2.62 bits per heavy atom. The lowest BCUT2D eigenvalue weighted by molar-refractivity contribution is 0.0690. The summed E-state index contributed by atoms with van der Waals surface area (Å²) in [6.45, 7) is 4.17. The third-order valence-corrected chi connectivity index (χ3v) is 5.17. The van der Waals surface area contributed by atoms with Gasteiger partial charge in [0.2, 0.25) is 10.0 Å². The zero-order chi connectivity index (χ0) is 15.6. The van der Waals surface area contributed by atoms with Crippen molar-refractivity contribution in [2.75, 3.05) is 19.8 Å². The minimum atomic E-state index is -3.74. The third-order valence-electron chi connectivity index (χ3n) is 3.44. The number of aromatic amines is 1. The summed E-state index contributed by atoms with van der Waals surface area (Å²) in [6, 6.07) is 0. The maximum Gasteiger partial charge on any atom is 0.352 e. The van der Waals surface area contributed by atoms with Crippen molar-refractivity contribution in [2.24, 2.45) is 5.92 Å². The van der Waals surface area contributed by atoms with Crippen LogP contribution in [0.25, 0.3) is 0 Å². The van der Waals surface area contributed by atoms with Crippen LogP contribution in [0.3, 0.4) is 0 Å². The predicted molar refractivity (Wildman–Crippen MR) is 76.0 cm³/mol. The fraction of sp³-hybridized carbons (Fsp3) is 0.615. The monoisotopic (exact) mass is 316 g/mol. The Morgan fingerprint density at radius 2 is 2.10 bits per heavy atom. The number of aryl methyl sites for hydroxylation is 1. The molecule has 1 aliphatic carbocycles. The van der Waals surface area contributed by atoms with Gasteiger partial charge >= 0.3 is 5.97 Å². The fourth-order valence-electron chi connectivity index (χ4n) is 2.20. The van der Waals surface area contributed by atoms with Gasteiger partial charge in [0, 0.05) is 24.4 Å². The van der Waals surface area contributed by atoms with Crippen LogP contribution in [0.15, 0.2) is 4.90 Å². The number of carboxylic acid groups (broad SMARTS) is 1. The van der Waals surface area contributed by atoms with Gasteiger partial charge in [-0.2, -0.15) is 0 Å². The van der Waals surface area contributed by atoms with E-state index >= 15 is 0 Å². The van der Waals surface area contributed by atoms with E-state index in [1.54, 1.807) is 0 Å². The van der Waals surface area contributed by atoms with Crippen molar-refractivity contribution in [1.29, 1.82) is 0 Å². The average molecular weight is 316 g/mol. The molecule has 0 aliphatic heterocycles. The van der Waals surface area contributed by atoms with E-state index in [4.69, 9.17) is 9.84 Å². The molecule has 0 unspecified atom stereocenters. The van der Waals surface area contributed by atoms with E-state index in [1.165, 1.54) is 26.7 Å². The lowest BCUT2D eigenvalue weighted by Crippen LogP contribution is -2.28. The van der Waals surface area contributed by atoms with Gasteiger partial charge in [0.05, 0.1) is 6.61 Å². The summed E-state index contributed by atoms with van der Waals surface area (Å²) in [4.78, 5) is 13.6. The first kappa shape index (κ1) is 16.0. The Kier molecular flexibility index (Phi) is 4.70. The number of rotatable bonds is 8. The number of aromatic carboxylic acids is 1. The van der Waals surface area contributed by atoms with Crippen LogP contribution in [0, 0.1) is 19.8 Å². The summed E-state index contributed by atoms with van der Waals surface area (Å²) in [5.41, 5.74) is 0.431. The predicted octanol–water partition coefficient (Wildman–Crippen LogP) is 1.03. The summed E-state index contributed by atoms with van der Waals surface area (Å²) >= 11 is 0. The van der Waals surface area contributed by atoms with Crippen LogP contribution >= 0.6 is 0 Å². The van der Waals surface area contributed by atoms with E-state index in [-0.39, 0.29) is 22.7 Å². The highest BCUT2D eigenvalue weighted by atomic mass is 32.2. The molecule has 0 aromatic carbocycles. The maximum atomic E-state index is 12.2. The van der Waals surface area contributed by atoms with Crippen LogP contribution in [0.2, 0.25) is 0 Å². The quantitative estimate of drug-likeness (QED) is 0.621. The molecule has 1 aromatic rings. The van der Waals surface area contributed by atoms with Gasteiger partial charge in [-0.05, 0) is 32.6 Å². The molecule has 1 aliphatic rings. The Bertz CT molecular complexity index is 631. The van der Waals surface area contributed by atoms with Crippen LogP contribution in [-0.2, 0) is 14.8 Å². The van der Waals surface area contributed by atoms with Gasteiger partial charge < -0.3 is 14.8 Å². The molecule has 0 atom stereocenters. The van der Waals surface area contributed by atoms with Crippen molar-refractivity contribution in [3.8, 4) is 0 Å². The summed E-state index contributed by atoms with van der Waals surface area (Å²) in [5.74, 6) is -0.543. The third kappa shape index (κ3) is 3.84. The SMILES string of the molecule is Cc1[nH]c(C(=O)O)c(C)c1S(=O)(=O)NCCOCC1CC1. The average Bonchev–Trinajstić information content (AvgIpc) is 3.13. The first-order valence-electron chi connectivity index (χ1n) is 6.82. The molecule has 0 bridgehead atoms. The van der Waals surface area contributed by atoms with Crippen molar-refractivity contribution in [3.63, 3.8) is 0 Å². The second kappa shape index (κ2) is 6.17.